The predicted octanol–water partition coefficient (Wildman–Crippen LogP) is 1.23. The van der Waals surface area contributed by atoms with Crippen LogP contribution >= 0.6 is 0 Å². The number of aromatic nitrogens is 2. The van der Waals surface area contributed by atoms with Crippen molar-refractivity contribution in [3.8, 4) is 0 Å². The fourth-order valence-corrected chi connectivity index (χ4v) is 1.56. The van der Waals surface area contributed by atoms with E-state index in [1.165, 1.54) is 0 Å². The van der Waals surface area contributed by atoms with E-state index in [0.29, 0.717) is 18.0 Å². The molecule has 0 aliphatic carbocycles. The van der Waals surface area contributed by atoms with Gasteiger partial charge in [0.25, 0.3) is 5.91 Å². The summed E-state index contributed by atoms with van der Waals surface area (Å²) in [6, 6.07) is 0.997. The molecule has 0 aliphatic heterocycles. The first kappa shape index (κ1) is 14.5. The third-order valence-electron chi connectivity index (χ3n) is 2.50. The van der Waals surface area contributed by atoms with Gasteiger partial charge in [0.1, 0.15) is 5.82 Å². The minimum atomic E-state index is -1.39. The van der Waals surface area contributed by atoms with E-state index in [1.807, 2.05) is 0 Å². The Morgan fingerprint density at radius 3 is 2.81 bits per heavy atom. The summed E-state index contributed by atoms with van der Waals surface area (Å²) in [5.74, 6) is -3.12. The van der Waals surface area contributed by atoms with Gasteiger partial charge in [-0.3, -0.25) is 14.9 Å². The molecule has 0 radical (unpaired) electrons. The Labute approximate surface area is 115 Å². The highest BCUT2D eigenvalue weighted by molar-refractivity contribution is 5.95. The van der Waals surface area contributed by atoms with Crippen LogP contribution in [0, 0.1) is 21.7 Å². The zero-order valence-corrected chi connectivity index (χ0v) is 10.4. The molecular weight excluding hydrogens is 290 g/mol. The van der Waals surface area contributed by atoms with Gasteiger partial charge in [-0.2, -0.15) is 9.37 Å². The molecule has 2 rings (SSSR count). The van der Waals surface area contributed by atoms with Crippen molar-refractivity contribution in [3.63, 3.8) is 0 Å². The smallest absolute Gasteiger partial charge is 0.308 e. The SMILES string of the molecule is O=C(NCCc1ncon1)c1cc(F)cc([N+](=O)[O-])c1F. The van der Waals surface area contributed by atoms with Gasteiger partial charge in [0.15, 0.2) is 5.82 Å². The molecule has 1 heterocycles. The summed E-state index contributed by atoms with van der Waals surface area (Å²) in [6.07, 6.45) is 1.31. The number of hydrogen-bond acceptors (Lipinski definition) is 6. The molecule has 0 bridgehead atoms. The van der Waals surface area contributed by atoms with E-state index in [1.54, 1.807) is 0 Å². The summed E-state index contributed by atoms with van der Waals surface area (Å²) in [5.41, 5.74) is -1.84. The summed E-state index contributed by atoms with van der Waals surface area (Å²) in [5, 5.41) is 16.3. The standard InChI is InChI=1S/C11H8F2N4O4/c12-6-3-7(10(13)8(4-6)17(19)20)11(18)14-2-1-9-15-5-21-16-9/h3-5H,1-2H2,(H,14,18). The fraction of sp³-hybridized carbons (Fsp3) is 0.182. The van der Waals surface area contributed by atoms with Crippen molar-refractivity contribution in [3.05, 3.63) is 51.7 Å². The number of halogens is 2. The largest absolute Gasteiger partial charge is 0.351 e. The second-order valence-corrected chi connectivity index (χ2v) is 3.90. The molecular formula is C11H8F2N4O4. The van der Waals surface area contributed by atoms with Gasteiger partial charge in [-0.15, -0.1) is 0 Å². The Hall–Kier alpha value is -2.91. The second-order valence-electron chi connectivity index (χ2n) is 3.90. The highest BCUT2D eigenvalue weighted by atomic mass is 19.1. The number of carbonyl (C=O) groups is 1. The Balaban J connectivity index is 2.10. The molecule has 0 saturated carbocycles. The monoisotopic (exact) mass is 298 g/mol. The van der Waals surface area contributed by atoms with E-state index < -0.39 is 33.7 Å². The van der Waals surface area contributed by atoms with E-state index in [4.69, 9.17) is 0 Å². The lowest BCUT2D eigenvalue weighted by atomic mass is 10.1. The van der Waals surface area contributed by atoms with Crippen LogP contribution in [0.15, 0.2) is 23.0 Å². The van der Waals surface area contributed by atoms with Crippen LogP contribution in [0.3, 0.4) is 0 Å². The molecule has 0 unspecified atom stereocenters. The summed E-state index contributed by atoms with van der Waals surface area (Å²) in [7, 11) is 0. The average Bonchev–Trinajstić information content (AvgIpc) is 2.93. The molecule has 1 amide bonds. The molecule has 0 fully saturated rings. The van der Waals surface area contributed by atoms with Gasteiger partial charge in [0, 0.05) is 13.0 Å². The Kier molecular flexibility index (Phi) is 4.16. The highest BCUT2D eigenvalue weighted by Crippen LogP contribution is 2.22. The number of hydrogen-bond donors (Lipinski definition) is 1. The van der Waals surface area contributed by atoms with Crippen molar-refractivity contribution in [2.75, 3.05) is 6.54 Å². The van der Waals surface area contributed by atoms with E-state index in [0.717, 1.165) is 6.39 Å². The Bertz CT molecular complexity index is 675. The van der Waals surface area contributed by atoms with E-state index >= 15 is 0 Å². The molecule has 0 aliphatic rings. The Morgan fingerprint density at radius 1 is 1.43 bits per heavy atom. The molecule has 10 heteroatoms. The van der Waals surface area contributed by atoms with Crippen molar-refractivity contribution in [1.29, 1.82) is 0 Å². The lowest BCUT2D eigenvalue weighted by Crippen LogP contribution is -2.27. The van der Waals surface area contributed by atoms with Crippen LogP contribution < -0.4 is 5.32 Å². The molecule has 1 aromatic heterocycles. The van der Waals surface area contributed by atoms with Gasteiger partial charge in [0.05, 0.1) is 16.6 Å². The van der Waals surface area contributed by atoms with Gasteiger partial charge >= 0.3 is 5.69 Å². The quantitative estimate of drug-likeness (QED) is 0.656. The number of rotatable bonds is 5. The van der Waals surface area contributed by atoms with Gasteiger partial charge in [-0.1, -0.05) is 5.16 Å². The van der Waals surface area contributed by atoms with Gasteiger partial charge in [0.2, 0.25) is 12.2 Å². The maximum Gasteiger partial charge on any atom is 0.308 e. The minimum Gasteiger partial charge on any atom is -0.351 e. The first-order valence-corrected chi connectivity index (χ1v) is 5.66. The normalized spacial score (nSPS) is 10.4. The lowest BCUT2D eigenvalue weighted by molar-refractivity contribution is -0.387. The van der Waals surface area contributed by atoms with Gasteiger partial charge < -0.3 is 9.84 Å². The Morgan fingerprint density at radius 2 is 2.19 bits per heavy atom. The van der Waals surface area contributed by atoms with Crippen LogP contribution in [-0.4, -0.2) is 27.5 Å². The number of amides is 1. The van der Waals surface area contributed by atoms with Crippen molar-refractivity contribution in [2.45, 2.75) is 6.42 Å². The predicted molar refractivity (Wildman–Crippen MR) is 63.3 cm³/mol. The van der Waals surface area contributed by atoms with Crippen molar-refractivity contribution in [1.82, 2.24) is 15.5 Å². The van der Waals surface area contributed by atoms with E-state index in [2.05, 4.69) is 20.0 Å². The fourth-order valence-electron chi connectivity index (χ4n) is 1.56. The zero-order chi connectivity index (χ0) is 15.4. The zero-order valence-electron chi connectivity index (χ0n) is 10.4. The average molecular weight is 298 g/mol. The summed E-state index contributed by atoms with van der Waals surface area (Å²) in [4.78, 5) is 24.9. The van der Waals surface area contributed by atoms with Crippen molar-refractivity contribution < 1.29 is 23.0 Å². The molecule has 0 spiro atoms. The molecule has 1 N–H and O–H groups in total. The van der Waals surface area contributed by atoms with Crippen LogP contribution in [0.25, 0.3) is 0 Å². The van der Waals surface area contributed by atoms with Crippen LogP contribution in [0.5, 0.6) is 0 Å². The third kappa shape index (κ3) is 3.35. The topological polar surface area (TPSA) is 111 Å². The minimum absolute atomic E-state index is 0.0299. The number of nitro benzene ring substituents is 1. The maximum absolute atomic E-state index is 13.7. The number of nitrogens with zero attached hydrogens (tertiary/aromatic N) is 3. The molecule has 1 aromatic carbocycles. The molecule has 110 valence electrons. The van der Waals surface area contributed by atoms with Gasteiger partial charge in [-0.05, 0) is 6.07 Å². The number of benzene rings is 1. The molecule has 21 heavy (non-hydrogen) atoms. The molecule has 8 nitrogen and oxygen atoms in total. The summed E-state index contributed by atoms with van der Waals surface area (Å²) >= 11 is 0. The number of carbonyl (C=O) groups excluding carboxylic acids is 1. The highest BCUT2D eigenvalue weighted by Gasteiger charge is 2.24. The third-order valence-corrected chi connectivity index (χ3v) is 2.50. The first-order valence-electron chi connectivity index (χ1n) is 5.66. The van der Waals surface area contributed by atoms with Crippen LogP contribution in [0.1, 0.15) is 16.2 Å². The summed E-state index contributed by atoms with van der Waals surface area (Å²) < 4.78 is 31.4. The molecule has 2 aromatic rings. The van der Waals surface area contributed by atoms with E-state index in [9.17, 15) is 23.7 Å². The van der Waals surface area contributed by atoms with Crippen molar-refractivity contribution in [2.24, 2.45) is 0 Å². The van der Waals surface area contributed by atoms with Crippen LogP contribution in [0.2, 0.25) is 0 Å². The van der Waals surface area contributed by atoms with E-state index in [-0.39, 0.29) is 13.0 Å². The van der Waals surface area contributed by atoms with Crippen molar-refractivity contribution >= 4 is 11.6 Å². The summed E-state index contributed by atoms with van der Waals surface area (Å²) in [6.45, 7) is 0.0299. The first-order chi connectivity index (χ1) is 9.99. The molecule has 0 atom stereocenters. The number of nitro groups is 1. The van der Waals surface area contributed by atoms with Crippen LogP contribution in [0.4, 0.5) is 14.5 Å². The second kappa shape index (κ2) is 6.03. The number of nitrogens with one attached hydrogen (secondary N) is 1. The maximum atomic E-state index is 13.7. The van der Waals surface area contributed by atoms with Gasteiger partial charge in [-0.25, -0.2) is 4.39 Å². The van der Waals surface area contributed by atoms with Crippen LogP contribution in [-0.2, 0) is 6.42 Å². The lowest BCUT2D eigenvalue weighted by Gasteiger charge is -2.05. The molecule has 0 saturated heterocycles.